The number of amides is 2. The van der Waals surface area contributed by atoms with Crippen LogP contribution in [-0.4, -0.2) is 17.6 Å². The zero-order valence-corrected chi connectivity index (χ0v) is 13.5. The molecule has 0 heterocycles. The van der Waals surface area contributed by atoms with Crippen molar-refractivity contribution < 1.29 is 14.5 Å². The average Bonchev–Trinajstić information content (AvgIpc) is 2.55. The number of anilines is 1. The fourth-order valence-corrected chi connectivity index (χ4v) is 2.16. The van der Waals surface area contributed by atoms with Gasteiger partial charge in [-0.05, 0) is 37.6 Å². The van der Waals surface area contributed by atoms with E-state index in [1.54, 1.807) is 6.07 Å². The fourth-order valence-electron chi connectivity index (χ4n) is 2.16. The lowest BCUT2D eigenvalue weighted by Gasteiger charge is -2.15. The molecular formula is C17H19N3O4. The molecule has 0 aromatic heterocycles. The molecule has 0 aliphatic rings. The van der Waals surface area contributed by atoms with Crippen LogP contribution in [0.3, 0.4) is 0 Å². The van der Waals surface area contributed by atoms with Gasteiger partial charge in [0.05, 0.1) is 17.6 Å². The number of nitrogens with zero attached hydrogens (tertiary/aromatic N) is 1. The second-order valence-corrected chi connectivity index (χ2v) is 5.13. The second-order valence-electron chi connectivity index (χ2n) is 5.13. The molecule has 0 aliphatic heterocycles. The Morgan fingerprint density at radius 1 is 1.25 bits per heavy atom. The topological polar surface area (TPSA) is 93.5 Å². The number of benzene rings is 2. The normalized spacial score (nSPS) is 11.4. The van der Waals surface area contributed by atoms with Crippen LogP contribution >= 0.6 is 0 Å². The molecule has 0 spiro atoms. The Kier molecular flexibility index (Phi) is 5.73. The summed E-state index contributed by atoms with van der Waals surface area (Å²) in [4.78, 5) is 22.3. The van der Waals surface area contributed by atoms with E-state index in [1.165, 1.54) is 18.2 Å². The molecule has 2 amide bonds. The summed E-state index contributed by atoms with van der Waals surface area (Å²) in [6.07, 6.45) is 0. The zero-order valence-electron chi connectivity index (χ0n) is 13.5. The van der Waals surface area contributed by atoms with E-state index in [0.29, 0.717) is 12.3 Å². The van der Waals surface area contributed by atoms with E-state index in [0.717, 1.165) is 11.3 Å². The molecule has 0 saturated heterocycles. The quantitative estimate of drug-likeness (QED) is 0.621. The van der Waals surface area contributed by atoms with Gasteiger partial charge < -0.3 is 15.4 Å². The van der Waals surface area contributed by atoms with Crippen molar-refractivity contribution in [2.45, 2.75) is 19.9 Å². The van der Waals surface area contributed by atoms with Crippen LogP contribution in [0, 0.1) is 10.1 Å². The predicted octanol–water partition coefficient (Wildman–Crippen LogP) is 3.88. The number of ether oxygens (including phenoxy) is 1. The van der Waals surface area contributed by atoms with Crippen molar-refractivity contribution in [1.29, 1.82) is 0 Å². The molecule has 2 aromatic rings. The molecule has 0 radical (unpaired) electrons. The molecule has 2 rings (SSSR count). The lowest BCUT2D eigenvalue weighted by atomic mass is 10.1. The Balaban J connectivity index is 1.96. The molecule has 0 aliphatic carbocycles. The molecule has 0 bridgehead atoms. The van der Waals surface area contributed by atoms with E-state index in [4.69, 9.17) is 4.74 Å². The summed E-state index contributed by atoms with van der Waals surface area (Å²) in [6.45, 7) is 4.36. The third-order valence-corrected chi connectivity index (χ3v) is 3.35. The van der Waals surface area contributed by atoms with Gasteiger partial charge in [-0.1, -0.05) is 18.2 Å². The van der Waals surface area contributed by atoms with Gasteiger partial charge in [-0.15, -0.1) is 0 Å². The zero-order chi connectivity index (χ0) is 17.5. The number of nitro benzene ring substituents is 1. The molecule has 0 saturated carbocycles. The summed E-state index contributed by atoms with van der Waals surface area (Å²) in [7, 11) is 0. The van der Waals surface area contributed by atoms with Gasteiger partial charge in [-0.2, -0.15) is 0 Å². The standard InChI is InChI=1S/C17H19N3O4/c1-3-24-16-9-7-13(8-10-16)12(2)18-17(21)19-14-5-4-6-15(11-14)20(22)23/h4-12H,3H2,1-2H3,(H2,18,19,21). The summed E-state index contributed by atoms with van der Waals surface area (Å²) < 4.78 is 5.38. The van der Waals surface area contributed by atoms with Gasteiger partial charge in [0.2, 0.25) is 0 Å². The Labute approximate surface area is 139 Å². The molecule has 0 fully saturated rings. The number of hydrogen-bond acceptors (Lipinski definition) is 4. The summed E-state index contributed by atoms with van der Waals surface area (Å²) in [5, 5.41) is 16.1. The first-order valence-corrected chi connectivity index (χ1v) is 7.54. The van der Waals surface area contributed by atoms with Crippen molar-refractivity contribution in [2.24, 2.45) is 0 Å². The minimum Gasteiger partial charge on any atom is -0.494 e. The molecule has 2 N–H and O–H groups in total. The Morgan fingerprint density at radius 3 is 2.58 bits per heavy atom. The summed E-state index contributed by atoms with van der Waals surface area (Å²) >= 11 is 0. The number of carbonyl (C=O) groups excluding carboxylic acids is 1. The first-order chi connectivity index (χ1) is 11.5. The van der Waals surface area contributed by atoms with E-state index in [1.807, 2.05) is 38.1 Å². The van der Waals surface area contributed by atoms with Crippen molar-refractivity contribution >= 4 is 17.4 Å². The van der Waals surface area contributed by atoms with Crippen LogP contribution in [0.5, 0.6) is 5.75 Å². The van der Waals surface area contributed by atoms with E-state index >= 15 is 0 Å². The largest absolute Gasteiger partial charge is 0.494 e. The van der Waals surface area contributed by atoms with Gasteiger partial charge in [0.15, 0.2) is 0 Å². The average molecular weight is 329 g/mol. The number of hydrogen-bond donors (Lipinski definition) is 2. The molecule has 1 unspecified atom stereocenters. The third-order valence-electron chi connectivity index (χ3n) is 3.35. The number of non-ortho nitro benzene ring substituents is 1. The van der Waals surface area contributed by atoms with Gasteiger partial charge in [0, 0.05) is 17.8 Å². The Hall–Kier alpha value is -3.09. The maximum absolute atomic E-state index is 12.0. The predicted molar refractivity (Wildman–Crippen MR) is 91.3 cm³/mol. The van der Waals surface area contributed by atoms with Crippen molar-refractivity contribution in [2.75, 3.05) is 11.9 Å². The fraction of sp³-hybridized carbons (Fsp3) is 0.235. The number of carbonyl (C=O) groups is 1. The highest BCUT2D eigenvalue weighted by atomic mass is 16.6. The highest BCUT2D eigenvalue weighted by Crippen LogP contribution is 2.19. The molecule has 7 nitrogen and oxygen atoms in total. The van der Waals surface area contributed by atoms with Crippen molar-refractivity contribution in [3.63, 3.8) is 0 Å². The summed E-state index contributed by atoms with van der Waals surface area (Å²) in [6, 6.07) is 12.6. The molecule has 126 valence electrons. The molecule has 1 atom stereocenters. The molecule has 2 aromatic carbocycles. The van der Waals surface area contributed by atoms with Gasteiger partial charge in [0.25, 0.3) is 5.69 Å². The van der Waals surface area contributed by atoms with Crippen LogP contribution in [0.25, 0.3) is 0 Å². The minimum atomic E-state index is -0.508. The van der Waals surface area contributed by atoms with Crippen LogP contribution in [0.1, 0.15) is 25.5 Å². The van der Waals surface area contributed by atoms with Crippen LogP contribution in [-0.2, 0) is 0 Å². The minimum absolute atomic E-state index is 0.0765. The highest BCUT2D eigenvalue weighted by molar-refractivity contribution is 5.89. The van der Waals surface area contributed by atoms with E-state index in [9.17, 15) is 14.9 Å². The monoisotopic (exact) mass is 329 g/mol. The van der Waals surface area contributed by atoms with E-state index in [2.05, 4.69) is 10.6 Å². The van der Waals surface area contributed by atoms with Crippen LogP contribution < -0.4 is 15.4 Å². The van der Waals surface area contributed by atoms with Gasteiger partial charge in [0.1, 0.15) is 5.75 Å². The lowest BCUT2D eigenvalue weighted by Crippen LogP contribution is -2.31. The molecular weight excluding hydrogens is 310 g/mol. The maximum Gasteiger partial charge on any atom is 0.319 e. The summed E-state index contributed by atoms with van der Waals surface area (Å²) in [5.74, 6) is 0.773. The van der Waals surface area contributed by atoms with Gasteiger partial charge in [-0.3, -0.25) is 10.1 Å². The van der Waals surface area contributed by atoms with Crippen LogP contribution in [0.4, 0.5) is 16.2 Å². The number of nitrogens with one attached hydrogen (secondary N) is 2. The molecule has 7 heteroatoms. The van der Waals surface area contributed by atoms with E-state index in [-0.39, 0.29) is 11.7 Å². The maximum atomic E-state index is 12.0. The SMILES string of the molecule is CCOc1ccc(C(C)NC(=O)Nc2cccc([N+](=O)[O-])c2)cc1. The van der Waals surface area contributed by atoms with Crippen molar-refractivity contribution in [3.05, 3.63) is 64.2 Å². The van der Waals surface area contributed by atoms with Crippen molar-refractivity contribution in [1.82, 2.24) is 5.32 Å². The lowest BCUT2D eigenvalue weighted by molar-refractivity contribution is -0.384. The first-order valence-electron chi connectivity index (χ1n) is 7.54. The third kappa shape index (κ3) is 4.70. The second kappa shape index (κ2) is 7.96. The Bertz CT molecular complexity index is 716. The highest BCUT2D eigenvalue weighted by Gasteiger charge is 2.11. The van der Waals surface area contributed by atoms with Gasteiger partial charge in [-0.25, -0.2) is 4.79 Å². The molecule has 24 heavy (non-hydrogen) atoms. The Morgan fingerprint density at radius 2 is 1.96 bits per heavy atom. The smallest absolute Gasteiger partial charge is 0.319 e. The number of nitro groups is 1. The number of urea groups is 1. The van der Waals surface area contributed by atoms with E-state index < -0.39 is 11.0 Å². The van der Waals surface area contributed by atoms with Crippen LogP contribution in [0.2, 0.25) is 0 Å². The summed E-state index contributed by atoms with van der Waals surface area (Å²) in [5.41, 5.74) is 1.21. The first kappa shape index (κ1) is 17.3. The van der Waals surface area contributed by atoms with Crippen molar-refractivity contribution in [3.8, 4) is 5.75 Å². The van der Waals surface area contributed by atoms with Crippen LogP contribution in [0.15, 0.2) is 48.5 Å². The van der Waals surface area contributed by atoms with Gasteiger partial charge >= 0.3 is 6.03 Å². The number of rotatable bonds is 6.